The van der Waals surface area contributed by atoms with Crippen molar-refractivity contribution in [1.82, 2.24) is 10.2 Å². The predicted molar refractivity (Wildman–Crippen MR) is 81.8 cm³/mol. The monoisotopic (exact) mass is 330 g/mol. The first-order valence-electron chi connectivity index (χ1n) is 6.39. The zero-order chi connectivity index (χ0) is 14.1. The fourth-order valence-electron chi connectivity index (χ4n) is 1.55. The molecular formula is C14H23BrN2O2. The number of ether oxygens (including phenoxy) is 2. The van der Waals surface area contributed by atoms with E-state index in [0.29, 0.717) is 0 Å². The van der Waals surface area contributed by atoms with E-state index in [0.717, 1.165) is 43.1 Å². The van der Waals surface area contributed by atoms with Crippen molar-refractivity contribution in [3.63, 3.8) is 0 Å². The molecule has 0 aliphatic heterocycles. The van der Waals surface area contributed by atoms with E-state index in [1.165, 1.54) is 5.56 Å². The number of nitrogens with one attached hydrogen (secondary N) is 1. The molecule has 19 heavy (non-hydrogen) atoms. The van der Waals surface area contributed by atoms with Crippen molar-refractivity contribution in [3.05, 3.63) is 28.2 Å². The van der Waals surface area contributed by atoms with Crippen molar-refractivity contribution in [2.24, 2.45) is 0 Å². The summed E-state index contributed by atoms with van der Waals surface area (Å²) < 4.78 is 11.7. The topological polar surface area (TPSA) is 33.7 Å². The van der Waals surface area contributed by atoms with Gasteiger partial charge in [-0.3, -0.25) is 0 Å². The minimum absolute atomic E-state index is 0.741. The smallest absolute Gasteiger partial charge is 0.133 e. The lowest BCUT2D eigenvalue weighted by Gasteiger charge is -2.10. The van der Waals surface area contributed by atoms with Gasteiger partial charge in [0, 0.05) is 19.6 Å². The number of methoxy groups -OCH3 is 1. The van der Waals surface area contributed by atoms with Crippen LogP contribution in [0.25, 0.3) is 0 Å². The van der Waals surface area contributed by atoms with E-state index in [1.807, 2.05) is 20.2 Å². The van der Waals surface area contributed by atoms with E-state index in [-0.39, 0.29) is 0 Å². The molecule has 0 aliphatic rings. The molecule has 0 saturated heterocycles. The molecule has 0 spiro atoms. The molecule has 0 saturated carbocycles. The molecule has 0 heterocycles. The summed E-state index contributed by atoms with van der Waals surface area (Å²) in [6.45, 7) is 4.18. The second kappa shape index (κ2) is 9.31. The van der Waals surface area contributed by atoms with Crippen molar-refractivity contribution in [2.75, 3.05) is 47.5 Å². The summed E-state index contributed by atoms with van der Waals surface area (Å²) in [6.07, 6.45) is 0. The van der Waals surface area contributed by atoms with Gasteiger partial charge in [-0.15, -0.1) is 0 Å². The van der Waals surface area contributed by atoms with Gasteiger partial charge in [0.15, 0.2) is 0 Å². The lowest BCUT2D eigenvalue weighted by Crippen LogP contribution is -2.23. The number of hydrogen-bond donors (Lipinski definition) is 1. The van der Waals surface area contributed by atoms with E-state index in [4.69, 9.17) is 9.47 Å². The second-order valence-electron chi connectivity index (χ2n) is 4.56. The van der Waals surface area contributed by atoms with Crippen LogP contribution in [0.1, 0.15) is 5.56 Å². The van der Waals surface area contributed by atoms with Crippen LogP contribution in [-0.2, 0) is 11.3 Å². The Morgan fingerprint density at radius 2 is 2.05 bits per heavy atom. The zero-order valence-electron chi connectivity index (χ0n) is 11.9. The van der Waals surface area contributed by atoms with Gasteiger partial charge in [0.2, 0.25) is 0 Å². The molecular weight excluding hydrogens is 308 g/mol. The van der Waals surface area contributed by atoms with Gasteiger partial charge in [-0.05, 0) is 47.7 Å². The molecule has 108 valence electrons. The number of nitrogens with zero attached hydrogens (tertiary/aromatic N) is 1. The van der Waals surface area contributed by atoms with E-state index >= 15 is 0 Å². The van der Waals surface area contributed by atoms with Crippen LogP contribution in [0, 0.1) is 0 Å². The average molecular weight is 331 g/mol. The molecule has 1 aromatic rings. The Morgan fingerprint density at radius 1 is 1.26 bits per heavy atom. The average Bonchev–Trinajstić information content (AvgIpc) is 2.37. The van der Waals surface area contributed by atoms with Crippen LogP contribution in [0.5, 0.6) is 5.75 Å². The number of hydrogen-bond acceptors (Lipinski definition) is 4. The Labute approximate surface area is 124 Å². The summed E-state index contributed by atoms with van der Waals surface area (Å²) in [4.78, 5) is 2.11. The largest absolute Gasteiger partial charge is 0.496 e. The molecule has 0 aliphatic carbocycles. The van der Waals surface area contributed by atoms with Crippen LogP contribution in [0.4, 0.5) is 0 Å². The highest BCUT2D eigenvalue weighted by Crippen LogP contribution is 2.25. The summed E-state index contributed by atoms with van der Waals surface area (Å²) in [5.74, 6) is 0.857. The van der Waals surface area contributed by atoms with Crippen molar-refractivity contribution < 1.29 is 9.47 Å². The van der Waals surface area contributed by atoms with Gasteiger partial charge in [0.25, 0.3) is 0 Å². The van der Waals surface area contributed by atoms with Crippen molar-refractivity contribution in [1.29, 1.82) is 0 Å². The minimum atomic E-state index is 0.741. The van der Waals surface area contributed by atoms with Crippen LogP contribution >= 0.6 is 15.9 Å². The Hall–Kier alpha value is -0.620. The van der Waals surface area contributed by atoms with Crippen LogP contribution in [0.2, 0.25) is 0 Å². The normalized spacial score (nSPS) is 11.0. The highest BCUT2D eigenvalue weighted by atomic mass is 79.9. The third-order valence-electron chi connectivity index (χ3n) is 2.65. The number of benzene rings is 1. The lowest BCUT2D eigenvalue weighted by atomic mass is 10.2. The fourth-order valence-corrected chi connectivity index (χ4v) is 2.13. The summed E-state index contributed by atoms with van der Waals surface area (Å²) >= 11 is 3.48. The highest BCUT2D eigenvalue weighted by molar-refractivity contribution is 9.10. The predicted octanol–water partition coefficient (Wildman–Crippen LogP) is 2.13. The van der Waals surface area contributed by atoms with Gasteiger partial charge in [0.05, 0.1) is 24.8 Å². The number of halogens is 1. The molecule has 0 unspecified atom stereocenters. The van der Waals surface area contributed by atoms with Crippen LogP contribution in [0.3, 0.4) is 0 Å². The van der Waals surface area contributed by atoms with Crippen molar-refractivity contribution in [2.45, 2.75) is 6.54 Å². The Kier molecular flexibility index (Phi) is 8.05. The minimum Gasteiger partial charge on any atom is -0.496 e. The standard InChI is InChI=1S/C14H23BrN2O2/c1-17(2)7-9-19-8-6-16-11-12-4-5-14(18-3)13(15)10-12/h4-5,10,16H,6-9,11H2,1-3H3. The molecule has 4 nitrogen and oxygen atoms in total. The Morgan fingerprint density at radius 3 is 2.68 bits per heavy atom. The Balaban J connectivity index is 2.14. The van der Waals surface area contributed by atoms with Crippen LogP contribution in [0.15, 0.2) is 22.7 Å². The summed E-state index contributed by atoms with van der Waals surface area (Å²) in [7, 11) is 5.76. The first-order valence-corrected chi connectivity index (χ1v) is 7.18. The van der Waals surface area contributed by atoms with Crippen molar-refractivity contribution >= 4 is 15.9 Å². The van der Waals surface area contributed by atoms with Gasteiger partial charge >= 0.3 is 0 Å². The van der Waals surface area contributed by atoms with Gasteiger partial charge in [0.1, 0.15) is 5.75 Å². The van der Waals surface area contributed by atoms with E-state index in [2.05, 4.69) is 38.3 Å². The molecule has 5 heteroatoms. The maximum atomic E-state index is 5.51. The van der Waals surface area contributed by atoms with Crippen LogP contribution in [-0.4, -0.2) is 52.4 Å². The Bertz CT molecular complexity index is 372. The van der Waals surface area contributed by atoms with Gasteiger partial charge in [-0.25, -0.2) is 0 Å². The number of likely N-dealkylation sites (N-methyl/N-ethyl adjacent to an activating group) is 1. The third-order valence-corrected chi connectivity index (χ3v) is 3.27. The molecule has 0 amide bonds. The number of rotatable bonds is 9. The molecule has 0 aromatic heterocycles. The molecule has 1 N–H and O–H groups in total. The summed E-state index contributed by atoms with van der Waals surface area (Å²) in [5.41, 5.74) is 1.22. The van der Waals surface area contributed by atoms with Gasteiger partial charge < -0.3 is 19.7 Å². The fraction of sp³-hybridized carbons (Fsp3) is 0.571. The molecule has 0 bridgehead atoms. The van der Waals surface area contributed by atoms with E-state index in [1.54, 1.807) is 7.11 Å². The summed E-state index contributed by atoms with van der Waals surface area (Å²) in [6, 6.07) is 6.09. The van der Waals surface area contributed by atoms with Gasteiger partial charge in [-0.1, -0.05) is 6.07 Å². The quantitative estimate of drug-likeness (QED) is 0.703. The highest BCUT2D eigenvalue weighted by Gasteiger charge is 2.00. The van der Waals surface area contributed by atoms with Crippen molar-refractivity contribution in [3.8, 4) is 5.75 Å². The third kappa shape index (κ3) is 6.92. The summed E-state index contributed by atoms with van der Waals surface area (Å²) in [5, 5.41) is 3.35. The molecule has 1 rings (SSSR count). The van der Waals surface area contributed by atoms with E-state index in [9.17, 15) is 0 Å². The molecule has 0 radical (unpaired) electrons. The van der Waals surface area contributed by atoms with E-state index < -0.39 is 0 Å². The maximum Gasteiger partial charge on any atom is 0.133 e. The molecule has 0 fully saturated rings. The first kappa shape index (κ1) is 16.4. The maximum absolute atomic E-state index is 5.51. The lowest BCUT2D eigenvalue weighted by molar-refractivity contribution is 0.119. The first-order chi connectivity index (χ1) is 9.13. The molecule has 1 aromatic carbocycles. The SMILES string of the molecule is COc1ccc(CNCCOCCN(C)C)cc1Br. The second-order valence-corrected chi connectivity index (χ2v) is 5.42. The molecule has 0 atom stereocenters. The van der Waals surface area contributed by atoms with Crippen LogP contribution < -0.4 is 10.1 Å². The van der Waals surface area contributed by atoms with Gasteiger partial charge in [-0.2, -0.15) is 0 Å². The zero-order valence-corrected chi connectivity index (χ0v) is 13.5.